The second-order valence-electron chi connectivity index (χ2n) is 6.23. The van der Waals surface area contributed by atoms with Crippen molar-refractivity contribution in [2.24, 2.45) is 0 Å². The summed E-state index contributed by atoms with van der Waals surface area (Å²) in [5.41, 5.74) is 2.85. The fourth-order valence-corrected chi connectivity index (χ4v) is 3.09. The number of pyridine rings is 1. The Morgan fingerprint density at radius 3 is 2.29 bits per heavy atom. The third kappa shape index (κ3) is 3.44. The van der Waals surface area contributed by atoms with E-state index in [0.29, 0.717) is 23.4 Å². The SMILES string of the molecule is COc1ccc(Cn2oc(=O)c(-c3ccc(F)cc3)c2-c2ccncc2)cc1. The lowest BCUT2D eigenvalue weighted by atomic mass is 10.0. The molecule has 2 aromatic heterocycles. The van der Waals surface area contributed by atoms with Gasteiger partial charge in [-0.1, -0.05) is 24.3 Å². The van der Waals surface area contributed by atoms with E-state index in [1.807, 2.05) is 36.4 Å². The Morgan fingerprint density at radius 2 is 1.64 bits per heavy atom. The second kappa shape index (κ2) is 7.52. The minimum absolute atomic E-state index is 0.359. The first-order valence-electron chi connectivity index (χ1n) is 8.69. The number of methoxy groups -OCH3 is 1. The first-order valence-corrected chi connectivity index (χ1v) is 8.69. The molecule has 0 amide bonds. The van der Waals surface area contributed by atoms with Gasteiger partial charge in [-0.15, -0.1) is 0 Å². The molecule has 0 spiro atoms. The topological polar surface area (TPSA) is 57.3 Å². The highest BCUT2D eigenvalue weighted by molar-refractivity contribution is 5.80. The summed E-state index contributed by atoms with van der Waals surface area (Å²) < 4.78 is 25.7. The molecule has 4 aromatic rings. The van der Waals surface area contributed by atoms with Gasteiger partial charge in [-0.3, -0.25) is 4.98 Å². The van der Waals surface area contributed by atoms with Gasteiger partial charge >= 0.3 is 5.63 Å². The molecule has 0 radical (unpaired) electrons. The van der Waals surface area contributed by atoms with Crippen LogP contribution in [0.3, 0.4) is 0 Å². The molecule has 0 N–H and O–H groups in total. The Balaban J connectivity index is 1.85. The molecule has 0 bridgehead atoms. The van der Waals surface area contributed by atoms with Gasteiger partial charge in [-0.2, -0.15) is 0 Å². The van der Waals surface area contributed by atoms with Gasteiger partial charge in [0.25, 0.3) is 0 Å². The standard InChI is InChI=1S/C22H17FN2O3/c1-27-19-8-2-15(3-9-19)14-25-21(17-10-12-24-13-11-17)20(22(26)28-25)16-4-6-18(23)7-5-16/h2-13H,14H2,1H3. The molecule has 0 aliphatic rings. The fourth-order valence-electron chi connectivity index (χ4n) is 3.09. The molecular formula is C22H17FN2O3. The highest BCUT2D eigenvalue weighted by Gasteiger charge is 2.21. The first kappa shape index (κ1) is 17.7. The Bertz CT molecular complexity index is 1130. The van der Waals surface area contributed by atoms with Crippen LogP contribution in [0.25, 0.3) is 22.4 Å². The Labute approximate surface area is 160 Å². The van der Waals surface area contributed by atoms with Gasteiger partial charge in [0.05, 0.1) is 24.9 Å². The molecule has 2 heterocycles. The molecule has 5 nitrogen and oxygen atoms in total. The molecule has 6 heteroatoms. The zero-order chi connectivity index (χ0) is 19.5. The van der Waals surface area contributed by atoms with Crippen molar-refractivity contribution in [2.45, 2.75) is 6.54 Å². The van der Waals surface area contributed by atoms with E-state index in [1.165, 1.54) is 12.1 Å². The quantitative estimate of drug-likeness (QED) is 0.519. The molecular weight excluding hydrogens is 359 g/mol. The van der Waals surface area contributed by atoms with Gasteiger partial charge in [-0.05, 0) is 47.5 Å². The Kier molecular flexibility index (Phi) is 4.76. The van der Waals surface area contributed by atoms with E-state index in [-0.39, 0.29) is 5.82 Å². The van der Waals surface area contributed by atoms with Crippen LogP contribution in [-0.4, -0.2) is 16.8 Å². The smallest absolute Gasteiger partial charge is 0.365 e. The van der Waals surface area contributed by atoms with Gasteiger partial charge in [0.2, 0.25) is 0 Å². The number of benzene rings is 2. The third-order valence-electron chi connectivity index (χ3n) is 4.46. The first-order chi connectivity index (χ1) is 13.7. The number of rotatable bonds is 5. The van der Waals surface area contributed by atoms with Crippen LogP contribution in [0.5, 0.6) is 5.75 Å². The van der Waals surface area contributed by atoms with Crippen molar-refractivity contribution < 1.29 is 13.7 Å². The van der Waals surface area contributed by atoms with Gasteiger partial charge in [-0.25, -0.2) is 13.9 Å². The van der Waals surface area contributed by atoms with E-state index in [4.69, 9.17) is 9.26 Å². The molecule has 0 unspecified atom stereocenters. The molecule has 0 aliphatic carbocycles. The van der Waals surface area contributed by atoms with E-state index >= 15 is 0 Å². The lowest BCUT2D eigenvalue weighted by molar-refractivity contribution is 0.270. The summed E-state index contributed by atoms with van der Waals surface area (Å²) >= 11 is 0. The minimum atomic E-state index is -0.480. The number of hydrogen-bond acceptors (Lipinski definition) is 4. The van der Waals surface area contributed by atoms with Crippen molar-refractivity contribution in [3.8, 4) is 28.1 Å². The van der Waals surface area contributed by atoms with Crippen LogP contribution in [0.2, 0.25) is 0 Å². The van der Waals surface area contributed by atoms with Crippen molar-refractivity contribution in [2.75, 3.05) is 7.11 Å². The lowest BCUT2D eigenvalue weighted by Crippen LogP contribution is -2.01. The molecule has 0 atom stereocenters. The highest BCUT2D eigenvalue weighted by atomic mass is 19.1. The van der Waals surface area contributed by atoms with Crippen molar-refractivity contribution in [1.82, 2.24) is 9.72 Å². The number of hydrogen-bond donors (Lipinski definition) is 0. The molecule has 0 fully saturated rings. The van der Waals surface area contributed by atoms with Crippen LogP contribution in [0, 0.1) is 5.82 Å². The minimum Gasteiger partial charge on any atom is -0.497 e. The average molecular weight is 376 g/mol. The van der Waals surface area contributed by atoms with Gasteiger partial charge in [0.15, 0.2) is 0 Å². The monoisotopic (exact) mass is 376 g/mol. The van der Waals surface area contributed by atoms with E-state index in [2.05, 4.69) is 4.98 Å². The Hall–Kier alpha value is -3.67. The summed E-state index contributed by atoms with van der Waals surface area (Å²) in [6.07, 6.45) is 3.30. The van der Waals surface area contributed by atoms with E-state index < -0.39 is 5.63 Å². The molecule has 0 aliphatic heterocycles. The van der Waals surface area contributed by atoms with Gasteiger partial charge < -0.3 is 9.26 Å². The van der Waals surface area contributed by atoms with Crippen molar-refractivity contribution in [3.63, 3.8) is 0 Å². The number of halogens is 1. The number of ether oxygens (including phenoxy) is 1. The zero-order valence-electron chi connectivity index (χ0n) is 15.1. The lowest BCUT2D eigenvalue weighted by Gasteiger charge is -2.09. The van der Waals surface area contributed by atoms with Crippen molar-refractivity contribution >= 4 is 0 Å². The third-order valence-corrected chi connectivity index (χ3v) is 4.46. The van der Waals surface area contributed by atoms with Crippen molar-refractivity contribution in [3.05, 3.63) is 94.9 Å². The van der Waals surface area contributed by atoms with Gasteiger partial charge in [0, 0.05) is 18.0 Å². The average Bonchev–Trinajstić information content (AvgIpc) is 3.05. The van der Waals surface area contributed by atoms with Gasteiger partial charge in [0.1, 0.15) is 11.6 Å². The summed E-state index contributed by atoms with van der Waals surface area (Å²) in [7, 11) is 1.61. The Morgan fingerprint density at radius 1 is 0.964 bits per heavy atom. The maximum Gasteiger partial charge on any atom is 0.365 e. The normalized spacial score (nSPS) is 10.8. The van der Waals surface area contributed by atoms with Crippen LogP contribution in [0.1, 0.15) is 5.56 Å². The predicted molar refractivity (Wildman–Crippen MR) is 104 cm³/mol. The maximum atomic E-state index is 13.4. The summed E-state index contributed by atoms with van der Waals surface area (Å²) in [4.78, 5) is 16.7. The maximum absolute atomic E-state index is 13.4. The van der Waals surface area contributed by atoms with Crippen molar-refractivity contribution in [1.29, 1.82) is 0 Å². The van der Waals surface area contributed by atoms with E-state index in [9.17, 15) is 9.18 Å². The van der Waals surface area contributed by atoms with Crippen LogP contribution < -0.4 is 10.4 Å². The summed E-state index contributed by atoms with van der Waals surface area (Å²) in [5, 5.41) is 0. The number of aromatic nitrogens is 2. The molecule has 28 heavy (non-hydrogen) atoms. The molecule has 0 saturated carbocycles. The van der Waals surface area contributed by atoms with Crippen LogP contribution >= 0.6 is 0 Å². The zero-order valence-corrected chi connectivity index (χ0v) is 15.1. The number of nitrogens with zero attached hydrogens (tertiary/aromatic N) is 2. The van der Waals surface area contributed by atoms with Crippen LogP contribution in [0.15, 0.2) is 82.4 Å². The molecule has 0 saturated heterocycles. The van der Waals surface area contributed by atoms with Crippen LogP contribution in [0.4, 0.5) is 4.39 Å². The van der Waals surface area contributed by atoms with E-state index in [1.54, 1.807) is 36.4 Å². The van der Waals surface area contributed by atoms with Crippen LogP contribution in [-0.2, 0) is 6.54 Å². The highest BCUT2D eigenvalue weighted by Crippen LogP contribution is 2.31. The molecule has 140 valence electrons. The fraction of sp³-hybridized carbons (Fsp3) is 0.0909. The molecule has 2 aromatic carbocycles. The van der Waals surface area contributed by atoms with E-state index in [0.717, 1.165) is 16.9 Å². The summed E-state index contributed by atoms with van der Waals surface area (Å²) in [6.45, 7) is 0.359. The summed E-state index contributed by atoms with van der Waals surface area (Å²) in [5.74, 6) is 0.385. The largest absolute Gasteiger partial charge is 0.497 e. The predicted octanol–water partition coefficient (Wildman–Crippen LogP) is 4.37. The summed E-state index contributed by atoms with van der Waals surface area (Å²) in [6, 6.07) is 16.9. The molecule has 4 rings (SSSR count). The second-order valence-corrected chi connectivity index (χ2v) is 6.23.